The largest absolute Gasteiger partial charge is 1.00 e. The minimum Gasteiger partial charge on any atom is -1.00 e. The van der Waals surface area contributed by atoms with E-state index in [2.05, 4.69) is 174 Å². The van der Waals surface area contributed by atoms with Gasteiger partial charge in [-0.3, -0.25) is 0 Å². The van der Waals surface area contributed by atoms with Crippen LogP contribution in [-0.2, 0) is 20.4 Å². The van der Waals surface area contributed by atoms with E-state index >= 15 is 0 Å². The van der Waals surface area contributed by atoms with Crippen molar-refractivity contribution in [1.82, 2.24) is 0 Å². The summed E-state index contributed by atoms with van der Waals surface area (Å²) in [7, 11) is 0. The molecule has 10 rings (SSSR count). The van der Waals surface area contributed by atoms with Crippen molar-refractivity contribution < 1.29 is 45.2 Å². The maximum atomic E-state index is 2.70. The number of fused-ring (bicyclic) bond motifs is 2. The van der Waals surface area contributed by atoms with Crippen molar-refractivity contribution in [2.45, 2.75) is 60.9 Å². The Hall–Kier alpha value is -3.52. The number of benzene rings is 6. The van der Waals surface area contributed by atoms with E-state index in [0.717, 1.165) is 0 Å². The number of halogens is 2. The predicted octanol–water partition coefficient (Wildman–Crippen LogP) is 8.84. The minimum atomic E-state index is -2.40. The number of hydrogen-bond acceptors (Lipinski definition) is 0. The Morgan fingerprint density at radius 2 is 0.893 bits per heavy atom. The van der Waals surface area contributed by atoms with Crippen LogP contribution in [0.15, 0.2) is 108 Å². The summed E-state index contributed by atoms with van der Waals surface area (Å²) < 4.78 is 1.18. The fourth-order valence-electron chi connectivity index (χ4n) is 10.4. The van der Waals surface area contributed by atoms with E-state index in [4.69, 9.17) is 0 Å². The molecule has 0 amide bonds. The van der Waals surface area contributed by atoms with E-state index < -0.39 is 25.8 Å². The third-order valence-corrected chi connectivity index (χ3v) is 32.7. The van der Waals surface area contributed by atoms with Crippen LogP contribution < -0.4 is 24.8 Å². The van der Waals surface area contributed by atoms with Gasteiger partial charge in [0.05, 0.1) is 0 Å². The van der Waals surface area contributed by atoms with Gasteiger partial charge in [0.15, 0.2) is 0 Å². The van der Waals surface area contributed by atoms with Gasteiger partial charge >= 0.3 is 331 Å². The van der Waals surface area contributed by atoms with Gasteiger partial charge in [-0.05, 0) is 0 Å². The summed E-state index contributed by atoms with van der Waals surface area (Å²) in [5.74, 6) is 1.13. The van der Waals surface area contributed by atoms with Crippen LogP contribution in [0.2, 0.25) is 13.1 Å². The molecule has 0 spiro atoms. The average molecular weight is 863 g/mol. The van der Waals surface area contributed by atoms with Gasteiger partial charge in [-0.2, -0.15) is 0 Å². The monoisotopic (exact) mass is 860 g/mol. The summed E-state index contributed by atoms with van der Waals surface area (Å²) in [6, 6.07) is 38.0. The topological polar surface area (TPSA) is 0 Å². The van der Waals surface area contributed by atoms with Crippen LogP contribution in [0.1, 0.15) is 92.3 Å². The summed E-state index contributed by atoms with van der Waals surface area (Å²) in [4.78, 5) is 0. The van der Waals surface area contributed by atoms with Crippen LogP contribution in [0.3, 0.4) is 0 Å². The molecule has 4 aliphatic carbocycles. The van der Waals surface area contributed by atoms with Crippen LogP contribution in [0.5, 0.6) is 0 Å². The molecule has 4 atom stereocenters. The Morgan fingerprint density at radius 3 is 1.29 bits per heavy atom. The standard InChI is InChI=1S/2C25H21.C2H6Si.2ClH.Zr/c2*1-3-16(2)20-14-19-7-5-8-21(24(19)15-20)22-13-12-18-11-10-17-6-4-9-23(22)25(17)18;1-3-2;;;/h2*4-16H,3H2,1-2H3;1-2H3;2*1H;/q;;;;;+2/p-2. The van der Waals surface area contributed by atoms with Gasteiger partial charge in [0.25, 0.3) is 0 Å². The second-order valence-corrected chi connectivity index (χ2v) is 34.3. The number of allylic oxidation sites excluding steroid dienone is 2. The molecule has 0 bridgehead atoms. The van der Waals surface area contributed by atoms with Crippen LogP contribution in [-0.4, -0.2) is 5.43 Å². The van der Waals surface area contributed by atoms with Gasteiger partial charge in [-0.15, -0.1) is 0 Å². The van der Waals surface area contributed by atoms with Crippen LogP contribution in [0, 0.1) is 11.8 Å². The average Bonchev–Trinajstić information content (AvgIpc) is 4.00. The Balaban J connectivity index is 0.00000220. The maximum absolute atomic E-state index is 2.70. The second-order valence-electron chi connectivity index (χ2n) is 16.5. The van der Waals surface area contributed by atoms with Gasteiger partial charge in [0.1, 0.15) is 0 Å². The third kappa shape index (κ3) is 5.92. The first-order valence-corrected chi connectivity index (χ1v) is 29.2. The number of hydrogen-bond donors (Lipinski definition) is 0. The first-order chi connectivity index (χ1) is 26.4. The van der Waals surface area contributed by atoms with Gasteiger partial charge in [-0.1, -0.05) is 0 Å². The van der Waals surface area contributed by atoms with Crippen molar-refractivity contribution in [3.05, 3.63) is 153 Å². The zero-order valence-electron chi connectivity index (χ0n) is 33.2. The summed E-state index contributed by atoms with van der Waals surface area (Å²) in [6.45, 7) is 15.2. The molecule has 56 heavy (non-hydrogen) atoms. The molecule has 0 saturated carbocycles. The quantitative estimate of drug-likeness (QED) is 0.134. The molecular weight excluding hydrogens is 815 g/mol. The molecule has 0 radical (unpaired) electrons. The van der Waals surface area contributed by atoms with E-state index in [-0.39, 0.29) is 24.8 Å². The zero-order valence-corrected chi connectivity index (χ0v) is 38.2. The molecular formula is C52H48Cl2SiZr. The Kier molecular flexibility index (Phi) is 10.8. The zero-order chi connectivity index (χ0) is 36.8. The van der Waals surface area contributed by atoms with Crippen molar-refractivity contribution in [3.8, 4) is 22.3 Å². The molecule has 0 aliphatic heterocycles. The van der Waals surface area contributed by atoms with Crippen LogP contribution in [0.4, 0.5) is 0 Å². The molecule has 0 saturated heterocycles. The van der Waals surface area contributed by atoms with Crippen molar-refractivity contribution in [1.29, 1.82) is 0 Å². The van der Waals surface area contributed by atoms with Gasteiger partial charge in [-0.25, -0.2) is 0 Å². The van der Waals surface area contributed by atoms with Crippen molar-refractivity contribution in [2.75, 3.05) is 0 Å². The molecule has 0 N–H and O–H groups in total. The molecule has 0 nitrogen and oxygen atoms in total. The Bertz CT molecular complexity index is 2550. The molecule has 4 heteroatoms. The molecule has 0 heterocycles. The predicted molar refractivity (Wildman–Crippen MR) is 234 cm³/mol. The van der Waals surface area contributed by atoms with Crippen molar-refractivity contribution >= 4 is 63.4 Å². The number of rotatable bonds is 8. The third-order valence-electron chi connectivity index (χ3n) is 13.4. The van der Waals surface area contributed by atoms with E-state index in [1.807, 2.05) is 0 Å². The summed E-state index contributed by atoms with van der Waals surface area (Å²) >= 11 is -2.40. The SMILES string of the molecule is CCC(C)C1=Cc2c(-c3ccc4c5c(cccc35)C=C4)cccc2[CH]1[Zr+2]([CH]1C(C(C)CC)=Cc2c(-c3ccc4c5c(cccc35)C=C4)cccc21)=[Si](C)C.[Cl-].[Cl-]. The molecule has 4 aliphatic rings. The van der Waals surface area contributed by atoms with E-state index in [1.54, 1.807) is 22.3 Å². The Morgan fingerprint density at radius 1 is 0.500 bits per heavy atom. The van der Waals surface area contributed by atoms with E-state index in [1.165, 1.54) is 90.0 Å². The molecule has 6 aromatic carbocycles. The Labute approximate surface area is 353 Å². The normalized spacial score (nSPS) is 17.4. The first kappa shape index (κ1) is 39.3. The van der Waals surface area contributed by atoms with Crippen LogP contribution >= 0.6 is 0 Å². The van der Waals surface area contributed by atoms with Crippen molar-refractivity contribution in [3.63, 3.8) is 0 Å². The van der Waals surface area contributed by atoms with Crippen molar-refractivity contribution in [2.24, 2.45) is 11.8 Å². The smallest absolute Gasteiger partial charge is 1.00 e. The van der Waals surface area contributed by atoms with Crippen LogP contribution in [0.25, 0.3) is 80.3 Å². The minimum absolute atomic E-state index is 0. The maximum Gasteiger partial charge on any atom is -1.00 e. The molecule has 0 aromatic heterocycles. The van der Waals surface area contributed by atoms with Gasteiger partial charge in [0.2, 0.25) is 0 Å². The first-order valence-electron chi connectivity index (χ1n) is 20.2. The summed E-state index contributed by atoms with van der Waals surface area (Å²) in [5.41, 5.74) is 20.2. The summed E-state index contributed by atoms with van der Waals surface area (Å²) in [6.07, 6.45) is 16.9. The van der Waals surface area contributed by atoms with Gasteiger partial charge < -0.3 is 24.8 Å². The summed E-state index contributed by atoms with van der Waals surface area (Å²) in [5, 5.41) is 5.60. The molecule has 4 unspecified atom stereocenters. The molecule has 6 aromatic rings. The second kappa shape index (κ2) is 15.3. The fraction of sp³-hybridized carbons (Fsp3) is 0.231. The van der Waals surface area contributed by atoms with E-state index in [0.29, 0.717) is 19.1 Å². The molecule has 0 fully saturated rings. The fourth-order valence-corrected chi connectivity index (χ4v) is 31.2. The molecule has 278 valence electrons. The van der Waals surface area contributed by atoms with E-state index in [9.17, 15) is 0 Å². The van der Waals surface area contributed by atoms with Gasteiger partial charge in [0, 0.05) is 0 Å².